The molecule has 0 aliphatic rings. The average molecular weight is 416 g/mol. The van der Waals surface area contributed by atoms with Crippen LogP contribution in [-0.4, -0.2) is 37.8 Å². The zero-order valence-electron chi connectivity index (χ0n) is 16.1. The van der Waals surface area contributed by atoms with Gasteiger partial charge < -0.3 is 14.6 Å². The maximum absolute atomic E-state index is 12.4. The summed E-state index contributed by atoms with van der Waals surface area (Å²) in [5.41, 5.74) is 2.16. The quantitative estimate of drug-likeness (QED) is 0.606. The summed E-state index contributed by atoms with van der Waals surface area (Å²) in [6.07, 6.45) is 1.07. The SMILES string of the molecule is COc1cccc(-c2noc(CNC(=O)c3ccc(NS(C)(=O)=O)c(C)c3)n2)c1. The van der Waals surface area contributed by atoms with E-state index in [0.29, 0.717) is 28.4 Å². The lowest BCUT2D eigenvalue weighted by Crippen LogP contribution is -2.23. The lowest BCUT2D eigenvalue weighted by atomic mass is 10.1. The zero-order valence-corrected chi connectivity index (χ0v) is 16.9. The van der Waals surface area contributed by atoms with Crippen LogP contribution >= 0.6 is 0 Å². The maximum Gasteiger partial charge on any atom is 0.251 e. The van der Waals surface area contributed by atoms with Gasteiger partial charge in [-0.15, -0.1) is 0 Å². The van der Waals surface area contributed by atoms with Crippen LogP contribution in [0.1, 0.15) is 21.8 Å². The number of sulfonamides is 1. The summed E-state index contributed by atoms with van der Waals surface area (Å²) in [6.45, 7) is 1.76. The van der Waals surface area contributed by atoms with E-state index in [1.54, 1.807) is 32.2 Å². The molecular weight excluding hydrogens is 396 g/mol. The summed E-state index contributed by atoms with van der Waals surface area (Å²) in [5, 5.41) is 6.61. The van der Waals surface area contributed by atoms with Crippen LogP contribution < -0.4 is 14.8 Å². The topological polar surface area (TPSA) is 123 Å². The smallest absolute Gasteiger partial charge is 0.251 e. The monoisotopic (exact) mass is 416 g/mol. The zero-order chi connectivity index (χ0) is 21.0. The van der Waals surface area contributed by atoms with E-state index in [4.69, 9.17) is 9.26 Å². The van der Waals surface area contributed by atoms with Crippen LogP contribution in [0.2, 0.25) is 0 Å². The van der Waals surface area contributed by atoms with Crippen molar-refractivity contribution in [3.8, 4) is 17.1 Å². The molecule has 29 heavy (non-hydrogen) atoms. The largest absolute Gasteiger partial charge is 0.497 e. The van der Waals surface area contributed by atoms with Crippen LogP contribution in [0.5, 0.6) is 5.75 Å². The molecule has 2 N–H and O–H groups in total. The van der Waals surface area contributed by atoms with Gasteiger partial charge in [-0.25, -0.2) is 8.42 Å². The van der Waals surface area contributed by atoms with Crippen LogP contribution in [0, 0.1) is 6.92 Å². The molecule has 1 heterocycles. The molecule has 1 aromatic heterocycles. The summed E-state index contributed by atoms with van der Waals surface area (Å²) in [7, 11) is -1.82. The Balaban J connectivity index is 1.65. The molecule has 0 atom stereocenters. The molecule has 0 bridgehead atoms. The number of ether oxygens (including phenoxy) is 1. The third-order valence-electron chi connectivity index (χ3n) is 3.98. The predicted octanol–water partition coefficient (Wildman–Crippen LogP) is 2.36. The van der Waals surface area contributed by atoms with E-state index < -0.39 is 10.0 Å². The maximum atomic E-state index is 12.4. The number of nitrogens with one attached hydrogen (secondary N) is 2. The number of nitrogens with zero attached hydrogens (tertiary/aromatic N) is 2. The number of hydrogen-bond donors (Lipinski definition) is 2. The molecule has 3 aromatic rings. The predicted molar refractivity (Wildman–Crippen MR) is 107 cm³/mol. The molecule has 2 aromatic carbocycles. The third-order valence-corrected chi connectivity index (χ3v) is 4.57. The van der Waals surface area contributed by atoms with Crippen molar-refractivity contribution in [1.29, 1.82) is 0 Å². The minimum atomic E-state index is -3.39. The molecule has 0 saturated heterocycles. The van der Waals surface area contributed by atoms with E-state index in [9.17, 15) is 13.2 Å². The molecule has 0 unspecified atom stereocenters. The Morgan fingerprint density at radius 3 is 2.69 bits per heavy atom. The normalized spacial score (nSPS) is 11.1. The van der Waals surface area contributed by atoms with Crippen LogP contribution in [0.15, 0.2) is 47.0 Å². The molecule has 0 spiro atoms. The summed E-state index contributed by atoms with van der Waals surface area (Å²) in [4.78, 5) is 16.6. The highest BCUT2D eigenvalue weighted by Crippen LogP contribution is 2.21. The number of hydrogen-bond acceptors (Lipinski definition) is 7. The Labute approximate surface area is 168 Å². The van der Waals surface area contributed by atoms with Crippen LogP contribution in [0.25, 0.3) is 11.4 Å². The van der Waals surface area contributed by atoms with E-state index in [-0.39, 0.29) is 18.3 Å². The number of carbonyl (C=O) groups is 1. The number of methoxy groups -OCH3 is 1. The Morgan fingerprint density at radius 1 is 1.21 bits per heavy atom. The molecule has 0 fully saturated rings. The summed E-state index contributed by atoms with van der Waals surface area (Å²) < 4.78 is 35.5. The van der Waals surface area contributed by atoms with E-state index >= 15 is 0 Å². The minimum absolute atomic E-state index is 0.0538. The van der Waals surface area contributed by atoms with Crippen molar-refractivity contribution in [2.75, 3.05) is 18.1 Å². The first kappa shape index (κ1) is 20.3. The van der Waals surface area contributed by atoms with Crippen molar-refractivity contribution in [3.05, 3.63) is 59.5 Å². The van der Waals surface area contributed by atoms with Crippen molar-refractivity contribution < 1.29 is 22.5 Å². The molecule has 10 heteroatoms. The second kappa shape index (κ2) is 8.31. The van der Waals surface area contributed by atoms with Gasteiger partial charge in [-0.1, -0.05) is 17.3 Å². The van der Waals surface area contributed by atoms with Gasteiger partial charge in [0, 0.05) is 11.1 Å². The fourth-order valence-corrected chi connectivity index (χ4v) is 3.21. The number of carbonyl (C=O) groups excluding carboxylic acids is 1. The third kappa shape index (κ3) is 5.32. The number of benzene rings is 2. The number of aryl methyl sites for hydroxylation is 1. The standard InChI is InChI=1S/C19H20N4O5S/c1-12-9-14(7-8-16(12)23-29(3,25)26)19(24)20-11-17-21-18(22-28-17)13-5-4-6-15(10-13)27-2/h4-10,23H,11H2,1-3H3,(H,20,24). The molecule has 0 saturated carbocycles. The minimum Gasteiger partial charge on any atom is -0.497 e. The molecular formula is C19H20N4O5S. The van der Waals surface area contributed by atoms with E-state index in [0.717, 1.165) is 11.8 Å². The van der Waals surface area contributed by atoms with Gasteiger partial charge in [-0.3, -0.25) is 9.52 Å². The summed E-state index contributed by atoms with van der Waals surface area (Å²) in [6, 6.07) is 11.9. The van der Waals surface area contributed by atoms with Gasteiger partial charge >= 0.3 is 0 Å². The second-order valence-corrected chi connectivity index (χ2v) is 8.08. The number of rotatable bonds is 7. The van der Waals surface area contributed by atoms with Gasteiger partial charge in [-0.2, -0.15) is 4.98 Å². The van der Waals surface area contributed by atoms with E-state index in [1.807, 2.05) is 18.2 Å². The van der Waals surface area contributed by atoms with E-state index in [2.05, 4.69) is 20.2 Å². The van der Waals surface area contributed by atoms with Gasteiger partial charge in [-0.05, 0) is 42.8 Å². The molecule has 0 aliphatic carbocycles. The number of amides is 1. The van der Waals surface area contributed by atoms with Gasteiger partial charge in [0.25, 0.3) is 5.91 Å². The molecule has 1 amide bonds. The Bertz CT molecular complexity index is 1140. The van der Waals surface area contributed by atoms with Gasteiger partial charge in [0.1, 0.15) is 5.75 Å². The van der Waals surface area contributed by atoms with Crippen LogP contribution in [-0.2, 0) is 16.6 Å². The molecule has 152 valence electrons. The molecule has 0 radical (unpaired) electrons. The highest BCUT2D eigenvalue weighted by Gasteiger charge is 2.13. The number of anilines is 1. The second-order valence-electron chi connectivity index (χ2n) is 6.33. The van der Waals surface area contributed by atoms with Crippen molar-refractivity contribution in [3.63, 3.8) is 0 Å². The van der Waals surface area contributed by atoms with Gasteiger partial charge in [0.15, 0.2) is 0 Å². The van der Waals surface area contributed by atoms with Crippen LogP contribution in [0.4, 0.5) is 5.69 Å². The first-order valence-electron chi connectivity index (χ1n) is 8.59. The Hall–Kier alpha value is -3.40. The molecule has 3 rings (SSSR count). The van der Waals surface area contributed by atoms with Crippen molar-refractivity contribution in [2.24, 2.45) is 0 Å². The fraction of sp³-hybridized carbons (Fsp3) is 0.211. The Morgan fingerprint density at radius 2 is 2.00 bits per heavy atom. The van der Waals surface area contributed by atoms with Gasteiger partial charge in [0.05, 0.1) is 25.6 Å². The Kier molecular flexibility index (Phi) is 5.83. The first-order chi connectivity index (χ1) is 13.7. The molecule has 9 nitrogen and oxygen atoms in total. The fourth-order valence-electron chi connectivity index (χ4n) is 2.58. The van der Waals surface area contributed by atoms with Crippen LogP contribution in [0.3, 0.4) is 0 Å². The summed E-state index contributed by atoms with van der Waals surface area (Å²) >= 11 is 0. The molecule has 0 aliphatic heterocycles. The number of aromatic nitrogens is 2. The highest BCUT2D eigenvalue weighted by atomic mass is 32.2. The van der Waals surface area contributed by atoms with Crippen molar-refractivity contribution in [1.82, 2.24) is 15.5 Å². The van der Waals surface area contributed by atoms with Crippen molar-refractivity contribution in [2.45, 2.75) is 13.5 Å². The van der Waals surface area contributed by atoms with Gasteiger partial charge in [0.2, 0.25) is 21.7 Å². The lowest BCUT2D eigenvalue weighted by molar-refractivity contribution is 0.0946. The summed E-state index contributed by atoms with van der Waals surface area (Å²) in [5.74, 6) is 0.968. The van der Waals surface area contributed by atoms with Crippen molar-refractivity contribution >= 4 is 21.6 Å². The lowest BCUT2D eigenvalue weighted by Gasteiger charge is -2.09. The highest BCUT2D eigenvalue weighted by molar-refractivity contribution is 7.92. The first-order valence-corrected chi connectivity index (χ1v) is 10.5. The average Bonchev–Trinajstić information content (AvgIpc) is 3.16. The van der Waals surface area contributed by atoms with E-state index in [1.165, 1.54) is 6.07 Å².